The summed E-state index contributed by atoms with van der Waals surface area (Å²) in [6, 6.07) is 8.79. The van der Waals surface area contributed by atoms with Gasteiger partial charge in [0.25, 0.3) is 0 Å². The molecule has 3 rings (SSSR count). The lowest BCUT2D eigenvalue weighted by Gasteiger charge is -2.39. The predicted molar refractivity (Wildman–Crippen MR) is 86.0 cm³/mol. The van der Waals surface area contributed by atoms with E-state index in [-0.39, 0.29) is 0 Å². The lowest BCUT2D eigenvalue weighted by Crippen LogP contribution is -2.50. The minimum Gasteiger partial charge on any atom is -0.493 e. The molecule has 3 nitrogen and oxygen atoms in total. The molecule has 0 saturated heterocycles. The number of ether oxygens (including phenoxy) is 1. The molecule has 1 aliphatic heterocycles. The van der Waals surface area contributed by atoms with Gasteiger partial charge in [0.1, 0.15) is 5.75 Å². The maximum Gasteiger partial charge on any atom is 0.122 e. The van der Waals surface area contributed by atoms with E-state index in [2.05, 4.69) is 30.5 Å². The van der Waals surface area contributed by atoms with Crippen molar-refractivity contribution >= 4 is 0 Å². The Balaban J connectivity index is 1.69. The van der Waals surface area contributed by atoms with Gasteiger partial charge in [-0.1, -0.05) is 44.4 Å². The van der Waals surface area contributed by atoms with Crippen molar-refractivity contribution in [1.29, 1.82) is 0 Å². The molecule has 2 aliphatic rings. The lowest BCUT2D eigenvalue weighted by molar-refractivity contribution is 0.119. The van der Waals surface area contributed by atoms with E-state index in [1.807, 2.05) is 6.07 Å². The van der Waals surface area contributed by atoms with Gasteiger partial charge in [-0.2, -0.15) is 0 Å². The van der Waals surface area contributed by atoms with Gasteiger partial charge in [0.15, 0.2) is 0 Å². The van der Waals surface area contributed by atoms with Crippen LogP contribution in [0.3, 0.4) is 0 Å². The molecule has 0 aromatic heterocycles. The summed E-state index contributed by atoms with van der Waals surface area (Å²) >= 11 is 0. The van der Waals surface area contributed by atoms with Gasteiger partial charge in [-0.15, -0.1) is 0 Å². The van der Waals surface area contributed by atoms with Gasteiger partial charge in [-0.3, -0.25) is 11.3 Å². The first kappa shape index (κ1) is 14.9. The Kier molecular flexibility index (Phi) is 4.81. The maximum absolute atomic E-state index is 5.97. The Labute approximate surface area is 128 Å². The number of nitrogens with two attached hydrogens (primary N) is 1. The van der Waals surface area contributed by atoms with Crippen LogP contribution in [0.2, 0.25) is 0 Å². The molecule has 0 amide bonds. The SMILES string of the molecule is CCC1CCCC(C(NN)C2COc3ccccc3C2)C1. The van der Waals surface area contributed by atoms with Crippen molar-refractivity contribution in [2.45, 2.75) is 51.5 Å². The van der Waals surface area contributed by atoms with Crippen LogP contribution in [0.1, 0.15) is 44.6 Å². The first-order chi connectivity index (χ1) is 10.3. The molecule has 0 spiro atoms. The molecule has 1 aromatic rings. The van der Waals surface area contributed by atoms with Crippen molar-refractivity contribution in [2.24, 2.45) is 23.6 Å². The van der Waals surface area contributed by atoms with Crippen LogP contribution in [0.25, 0.3) is 0 Å². The Morgan fingerprint density at radius 3 is 2.95 bits per heavy atom. The fourth-order valence-electron chi connectivity index (χ4n) is 4.27. The minimum atomic E-state index is 0.382. The van der Waals surface area contributed by atoms with Crippen molar-refractivity contribution in [3.63, 3.8) is 0 Å². The van der Waals surface area contributed by atoms with Crippen molar-refractivity contribution in [3.8, 4) is 5.75 Å². The molecule has 3 heteroatoms. The topological polar surface area (TPSA) is 47.3 Å². The van der Waals surface area contributed by atoms with Crippen LogP contribution in [-0.4, -0.2) is 12.6 Å². The molecular weight excluding hydrogens is 260 g/mol. The molecule has 1 saturated carbocycles. The molecule has 4 atom stereocenters. The highest BCUT2D eigenvalue weighted by molar-refractivity contribution is 5.35. The maximum atomic E-state index is 5.97. The number of hydrogen-bond acceptors (Lipinski definition) is 3. The van der Waals surface area contributed by atoms with Crippen LogP contribution < -0.4 is 16.0 Å². The predicted octanol–water partition coefficient (Wildman–Crippen LogP) is 3.29. The molecule has 1 heterocycles. The summed E-state index contributed by atoms with van der Waals surface area (Å²) in [6.07, 6.45) is 7.77. The van der Waals surface area contributed by atoms with E-state index in [0.29, 0.717) is 17.9 Å². The van der Waals surface area contributed by atoms with E-state index in [1.54, 1.807) is 0 Å². The summed E-state index contributed by atoms with van der Waals surface area (Å²) in [5, 5.41) is 0. The second-order valence-electron chi connectivity index (χ2n) is 6.78. The van der Waals surface area contributed by atoms with Gasteiger partial charge in [-0.25, -0.2) is 0 Å². The quantitative estimate of drug-likeness (QED) is 0.660. The van der Waals surface area contributed by atoms with Gasteiger partial charge in [0.2, 0.25) is 0 Å². The first-order valence-corrected chi connectivity index (χ1v) is 8.48. The second kappa shape index (κ2) is 6.80. The first-order valence-electron chi connectivity index (χ1n) is 8.48. The fourth-order valence-corrected chi connectivity index (χ4v) is 4.27. The Hall–Kier alpha value is -1.06. The lowest BCUT2D eigenvalue weighted by atomic mass is 9.72. The van der Waals surface area contributed by atoms with E-state index in [1.165, 1.54) is 37.7 Å². The van der Waals surface area contributed by atoms with Crippen LogP contribution in [0.5, 0.6) is 5.75 Å². The number of para-hydroxylation sites is 1. The molecule has 4 unspecified atom stereocenters. The molecule has 1 fully saturated rings. The van der Waals surface area contributed by atoms with Gasteiger partial charge in [-0.05, 0) is 42.7 Å². The van der Waals surface area contributed by atoms with Crippen molar-refractivity contribution < 1.29 is 4.74 Å². The molecule has 0 bridgehead atoms. The number of rotatable bonds is 4. The standard InChI is InChI=1S/C18H28N2O/c1-2-13-6-5-8-15(10-13)18(20-19)16-11-14-7-3-4-9-17(14)21-12-16/h3-4,7,9,13,15-16,18,20H,2,5-6,8,10-12,19H2,1H3. The third-order valence-corrected chi connectivity index (χ3v) is 5.52. The van der Waals surface area contributed by atoms with E-state index in [0.717, 1.165) is 24.7 Å². The van der Waals surface area contributed by atoms with Crippen LogP contribution in [0.15, 0.2) is 24.3 Å². The highest BCUT2D eigenvalue weighted by atomic mass is 16.5. The highest BCUT2D eigenvalue weighted by Crippen LogP contribution is 2.37. The van der Waals surface area contributed by atoms with Crippen molar-refractivity contribution in [2.75, 3.05) is 6.61 Å². The molecule has 21 heavy (non-hydrogen) atoms. The van der Waals surface area contributed by atoms with Crippen LogP contribution in [-0.2, 0) is 6.42 Å². The Morgan fingerprint density at radius 1 is 1.29 bits per heavy atom. The molecule has 3 N–H and O–H groups in total. The average molecular weight is 288 g/mol. The van der Waals surface area contributed by atoms with Crippen molar-refractivity contribution in [1.82, 2.24) is 5.43 Å². The number of fused-ring (bicyclic) bond motifs is 1. The van der Waals surface area contributed by atoms with E-state index in [4.69, 9.17) is 10.6 Å². The molecule has 1 aromatic carbocycles. The number of hydrogen-bond donors (Lipinski definition) is 2. The zero-order chi connectivity index (χ0) is 14.7. The van der Waals surface area contributed by atoms with Gasteiger partial charge in [0.05, 0.1) is 6.61 Å². The Bertz CT molecular complexity index is 462. The fraction of sp³-hybridized carbons (Fsp3) is 0.667. The van der Waals surface area contributed by atoms with E-state index < -0.39 is 0 Å². The van der Waals surface area contributed by atoms with Crippen LogP contribution >= 0.6 is 0 Å². The van der Waals surface area contributed by atoms with Crippen LogP contribution in [0, 0.1) is 17.8 Å². The third kappa shape index (κ3) is 3.24. The number of benzene rings is 1. The molecule has 116 valence electrons. The van der Waals surface area contributed by atoms with Crippen molar-refractivity contribution in [3.05, 3.63) is 29.8 Å². The zero-order valence-corrected chi connectivity index (χ0v) is 13.1. The summed E-state index contributed by atoms with van der Waals surface area (Å²) in [5.74, 6) is 9.07. The summed E-state index contributed by atoms with van der Waals surface area (Å²) in [5.41, 5.74) is 4.47. The normalized spacial score (nSPS) is 30.3. The highest BCUT2D eigenvalue weighted by Gasteiger charge is 2.34. The summed E-state index contributed by atoms with van der Waals surface area (Å²) in [4.78, 5) is 0. The van der Waals surface area contributed by atoms with Gasteiger partial charge >= 0.3 is 0 Å². The Morgan fingerprint density at radius 2 is 2.14 bits per heavy atom. The summed E-state index contributed by atoms with van der Waals surface area (Å²) < 4.78 is 5.97. The van der Waals surface area contributed by atoms with E-state index >= 15 is 0 Å². The molecule has 1 aliphatic carbocycles. The van der Waals surface area contributed by atoms with Gasteiger partial charge in [0, 0.05) is 12.0 Å². The zero-order valence-electron chi connectivity index (χ0n) is 13.1. The minimum absolute atomic E-state index is 0.382. The van der Waals surface area contributed by atoms with E-state index in [9.17, 15) is 0 Å². The van der Waals surface area contributed by atoms with Crippen LogP contribution in [0.4, 0.5) is 0 Å². The third-order valence-electron chi connectivity index (χ3n) is 5.52. The number of hydrazine groups is 1. The average Bonchev–Trinajstić information content (AvgIpc) is 2.56. The smallest absolute Gasteiger partial charge is 0.122 e. The molecular formula is C18H28N2O. The molecule has 0 radical (unpaired) electrons. The summed E-state index contributed by atoms with van der Waals surface area (Å²) in [7, 11) is 0. The second-order valence-corrected chi connectivity index (χ2v) is 6.78. The largest absolute Gasteiger partial charge is 0.493 e. The number of nitrogens with one attached hydrogen (secondary N) is 1. The van der Waals surface area contributed by atoms with Gasteiger partial charge < -0.3 is 4.74 Å². The summed E-state index contributed by atoms with van der Waals surface area (Å²) in [6.45, 7) is 3.11. The monoisotopic (exact) mass is 288 g/mol.